The maximum atomic E-state index is 4.31. The first-order valence-electron chi connectivity index (χ1n) is 12.4. The fraction of sp³-hybridized carbons (Fsp3) is 0.704. The van der Waals surface area contributed by atoms with Crippen molar-refractivity contribution in [2.24, 2.45) is 10.4 Å². The number of H-pyrrole nitrogens is 3. The minimum atomic E-state index is 0. The highest BCUT2D eigenvalue weighted by molar-refractivity contribution is 5.88. The predicted octanol–water partition coefficient (Wildman–Crippen LogP) is 5.58. The Morgan fingerprint density at radius 1 is 0.676 bits per heavy atom. The quantitative estimate of drug-likeness (QED) is 0.308. The Kier molecular flexibility index (Phi) is 12.9. The third-order valence-corrected chi connectivity index (χ3v) is 4.82. The molecule has 0 amide bonds. The van der Waals surface area contributed by atoms with Crippen LogP contribution in [-0.2, 0) is 16.2 Å². The SMILES string of the molecule is C.CC(C)(C)C1=NCCN1.CC(C)(C)c1ncc[nH]1.CC(C)(C)c1ncc[nH]1.CC(C)(C)c1nn[nH]n1. The number of aromatic amines is 3. The van der Waals surface area contributed by atoms with Crippen LogP contribution in [0.5, 0.6) is 0 Å². The second kappa shape index (κ2) is 14.0. The van der Waals surface area contributed by atoms with Crippen LogP contribution in [0.25, 0.3) is 0 Å². The lowest BCUT2D eigenvalue weighted by Crippen LogP contribution is -2.31. The van der Waals surface area contributed by atoms with Gasteiger partial charge in [-0.05, 0) is 0 Å². The van der Waals surface area contributed by atoms with Crippen molar-refractivity contribution in [3.8, 4) is 0 Å². The molecule has 0 aliphatic carbocycles. The summed E-state index contributed by atoms with van der Waals surface area (Å²) in [5.74, 6) is 4.00. The molecule has 0 spiro atoms. The second-order valence-electron chi connectivity index (χ2n) is 12.8. The van der Waals surface area contributed by atoms with E-state index in [-0.39, 0.29) is 29.1 Å². The molecular formula is C27H52N10. The van der Waals surface area contributed by atoms with Gasteiger partial charge in [0.25, 0.3) is 0 Å². The van der Waals surface area contributed by atoms with Crippen LogP contribution in [-0.4, -0.2) is 59.5 Å². The number of hydrogen-bond donors (Lipinski definition) is 4. The van der Waals surface area contributed by atoms with Gasteiger partial charge in [0.15, 0.2) is 5.82 Å². The third kappa shape index (κ3) is 13.2. The first kappa shape index (κ1) is 34.0. The molecule has 0 aromatic carbocycles. The van der Waals surface area contributed by atoms with Crippen LogP contribution in [0.1, 0.15) is 108 Å². The van der Waals surface area contributed by atoms with Crippen LogP contribution < -0.4 is 5.32 Å². The van der Waals surface area contributed by atoms with Crippen molar-refractivity contribution in [3.05, 3.63) is 42.3 Å². The molecule has 37 heavy (non-hydrogen) atoms. The molecule has 4 heterocycles. The topological polar surface area (TPSA) is 136 Å². The minimum Gasteiger partial charge on any atom is -0.372 e. The molecule has 0 saturated carbocycles. The van der Waals surface area contributed by atoms with Crippen LogP contribution in [0.4, 0.5) is 0 Å². The Balaban J connectivity index is 0.000000463. The number of rotatable bonds is 0. The first-order chi connectivity index (χ1) is 16.4. The lowest BCUT2D eigenvalue weighted by atomic mass is 9.95. The van der Waals surface area contributed by atoms with Gasteiger partial charge in [-0.25, -0.2) is 9.97 Å². The Morgan fingerprint density at radius 3 is 1.32 bits per heavy atom. The number of nitrogens with zero attached hydrogens (tertiary/aromatic N) is 6. The molecule has 10 heteroatoms. The molecule has 0 bridgehead atoms. The average Bonchev–Trinajstić information content (AvgIpc) is 3.57. The van der Waals surface area contributed by atoms with Crippen molar-refractivity contribution in [1.82, 2.24) is 45.9 Å². The van der Waals surface area contributed by atoms with E-state index in [1.165, 1.54) is 0 Å². The summed E-state index contributed by atoms with van der Waals surface area (Å²) in [6, 6.07) is 0. The monoisotopic (exact) mass is 516 g/mol. The first-order valence-corrected chi connectivity index (χ1v) is 12.4. The van der Waals surface area contributed by atoms with Crippen LogP contribution in [0, 0.1) is 5.41 Å². The molecular weight excluding hydrogens is 464 g/mol. The summed E-state index contributed by atoms with van der Waals surface area (Å²) in [6.07, 6.45) is 7.25. The normalized spacial score (nSPS) is 13.4. The molecule has 4 N–H and O–H groups in total. The van der Waals surface area contributed by atoms with Crippen molar-refractivity contribution in [2.45, 2.75) is 107 Å². The summed E-state index contributed by atoms with van der Waals surface area (Å²) in [7, 11) is 0. The Morgan fingerprint density at radius 2 is 1.16 bits per heavy atom. The Bertz CT molecular complexity index is 869. The molecule has 210 valence electrons. The average molecular weight is 517 g/mol. The third-order valence-electron chi connectivity index (χ3n) is 4.82. The van der Waals surface area contributed by atoms with Crippen LogP contribution in [0.2, 0.25) is 0 Å². The van der Waals surface area contributed by atoms with Gasteiger partial charge in [-0.1, -0.05) is 95.7 Å². The number of hydrogen-bond acceptors (Lipinski definition) is 7. The van der Waals surface area contributed by atoms with E-state index in [9.17, 15) is 0 Å². The molecule has 3 aromatic rings. The largest absolute Gasteiger partial charge is 0.372 e. The Labute approximate surface area is 224 Å². The molecule has 0 fully saturated rings. The summed E-state index contributed by atoms with van der Waals surface area (Å²) in [5, 5.41) is 16.8. The lowest BCUT2D eigenvalue weighted by molar-refractivity contribution is 0.546. The van der Waals surface area contributed by atoms with Gasteiger partial charge < -0.3 is 15.3 Å². The maximum Gasteiger partial charge on any atom is 0.179 e. The van der Waals surface area contributed by atoms with E-state index in [1.54, 1.807) is 12.4 Å². The highest BCUT2D eigenvalue weighted by atomic mass is 15.5. The number of aromatic nitrogens is 8. The highest BCUT2D eigenvalue weighted by Crippen LogP contribution is 2.18. The second-order valence-corrected chi connectivity index (χ2v) is 12.8. The molecule has 1 aliphatic rings. The fourth-order valence-corrected chi connectivity index (χ4v) is 2.73. The smallest absolute Gasteiger partial charge is 0.179 e. The zero-order valence-electron chi connectivity index (χ0n) is 24.4. The minimum absolute atomic E-state index is 0. The van der Waals surface area contributed by atoms with Crippen LogP contribution in [0.3, 0.4) is 0 Å². The number of tetrazole rings is 1. The molecule has 0 unspecified atom stereocenters. The maximum absolute atomic E-state index is 4.31. The van der Waals surface area contributed by atoms with Gasteiger partial charge in [0.05, 0.1) is 6.54 Å². The summed E-state index contributed by atoms with van der Waals surface area (Å²) in [6.45, 7) is 27.4. The van der Waals surface area contributed by atoms with E-state index < -0.39 is 0 Å². The van der Waals surface area contributed by atoms with Crippen molar-refractivity contribution in [3.63, 3.8) is 0 Å². The summed E-state index contributed by atoms with van der Waals surface area (Å²) in [5.41, 5.74) is 0.538. The van der Waals surface area contributed by atoms with Gasteiger partial charge in [0.1, 0.15) is 17.5 Å². The number of aliphatic imine (C=N–C) groups is 1. The number of nitrogens with one attached hydrogen (secondary N) is 4. The van der Waals surface area contributed by atoms with E-state index in [0.29, 0.717) is 0 Å². The molecule has 3 aromatic heterocycles. The zero-order valence-corrected chi connectivity index (χ0v) is 24.4. The fourth-order valence-electron chi connectivity index (χ4n) is 2.73. The molecule has 0 atom stereocenters. The van der Waals surface area contributed by atoms with Crippen molar-refractivity contribution in [2.75, 3.05) is 13.1 Å². The zero-order chi connectivity index (χ0) is 27.6. The van der Waals surface area contributed by atoms with E-state index in [0.717, 1.165) is 36.4 Å². The Hall–Kier alpha value is -3.04. The van der Waals surface area contributed by atoms with Crippen molar-refractivity contribution < 1.29 is 0 Å². The lowest BCUT2D eigenvalue weighted by Gasteiger charge is -2.18. The number of amidine groups is 1. The van der Waals surface area contributed by atoms with Gasteiger partial charge in [0, 0.05) is 53.0 Å². The van der Waals surface area contributed by atoms with E-state index in [1.807, 2.05) is 33.2 Å². The molecule has 4 rings (SSSR count). The standard InChI is InChI=1S/C7H14N2.2C7H12N2.C5H10N4.CH4/c3*1-7(2,3)6-8-4-5-9-6;1-5(2,3)4-6-8-9-7-4;/h4-5H2,1-3H3,(H,8,9);2*4-5H,1-3H3,(H,8,9);1-3H3,(H,6,7,8,9);1H4. The number of imidazole rings is 2. The van der Waals surface area contributed by atoms with Crippen LogP contribution in [0.15, 0.2) is 29.8 Å². The summed E-state index contributed by atoms with van der Waals surface area (Å²) >= 11 is 0. The van der Waals surface area contributed by atoms with Crippen molar-refractivity contribution >= 4 is 5.84 Å². The molecule has 10 nitrogen and oxygen atoms in total. The van der Waals surface area contributed by atoms with Gasteiger partial charge in [-0.2, -0.15) is 5.21 Å². The molecule has 1 aliphatic heterocycles. The van der Waals surface area contributed by atoms with Crippen molar-refractivity contribution in [1.29, 1.82) is 0 Å². The van der Waals surface area contributed by atoms with E-state index >= 15 is 0 Å². The molecule has 0 saturated heterocycles. The van der Waals surface area contributed by atoms with Gasteiger partial charge in [0.2, 0.25) is 0 Å². The van der Waals surface area contributed by atoms with Gasteiger partial charge in [-0.15, -0.1) is 10.2 Å². The summed E-state index contributed by atoms with van der Waals surface area (Å²) < 4.78 is 0. The van der Waals surface area contributed by atoms with Gasteiger partial charge >= 0.3 is 0 Å². The van der Waals surface area contributed by atoms with E-state index in [2.05, 4.69) is 113 Å². The predicted molar refractivity (Wildman–Crippen MR) is 154 cm³/mol. The van der Waals surface area contributed by atoms with E-state index in [4.69, 9.17) is 0 Å². The summed E-state index contributed by atoms with van der Waals surface area (Å²) in [4.78, 5) is 18.7. The highest BCUT2D eigenvalue weighted by Gasteiger charge is 2.20. The van der Waals surface area contributed by atoms with Crippen LogP contribution >= 0.6 is 0 Å². The molecule has 0 radical (unpaired) electrons. The van der Waals surface area contributed by atoms with Gasteiger partial charge in [-0.3, -0.25) is 4.99 Å².